The highest BCUT2D eigenvalue weighted by Crippen LogP contribution is 2.28. The van der Waals surface area contributed by atoms with Crippen LogP contribution in [-0.4, -0.2) is 34.5 Å². The van der Waals surface area contributed by atoms with Crippen molar-refractivity contribution in [2.24, 2.45) is 0 Å². The first-order valence-corrected chi connectivity index (χ1v) is 10.5. The topological polar surface area (TPSA) is 109 Å². The van der Waals surface area contributed by atoms with Gasteiger partial charge in [-0.3, -0.25) is 4.98 Å². The van der Waals surface area contributed by atoms with Gasteiger partial charge in [0, 0.05) is 33.9 Å². The Kier molecular flexibility index (Phi) is 6.03. The van der Waals surface area contributed by atoms with Gasteiger partial charge in [0.05, 0.1) is 25.6 Å². The fraction of sp³-hybridized carbons (Fsp3) is 0.273. The second-order valence-electron chi connectivity index (χ2n) is 7.11. The van der Waals surface area contributed by atoms with E-state index in [0.717, 1.165) is 57.0 Å². The van der Waals surface area contributed by atoms with Gasteiger partial charge in [0.15, 0.2) is 5.52 Å². The van der Waals surface area contributed by atoms with Crippen molar-refractivity contribution in [3.8, 4) is 11.5 Å². The Labute approximate surface area is 187 Å². The summed E-state index contributed by atoms with van der Waals surface area (Å²) in [6, 6.07) is 9.84. The average molecular weight is 484 g/mol. The smallest absolute Gasteiger partial charge is 0.226 e. The minimum absolute atomic E-state index is 0.414. The van der Waals surface area contributed by atoms with Gasteiger partial charge in [0.1, 0.15) is 11.5 Å². The minimum Gasteiger partial charge on any atom is -0.497 e. The third kappa shape index (κ3) is 4.32. The van der Waals surface area contributed by atoms with E-state index in [2.05, 4.69) is 31.2 Å². The van der Waals surface area contributed by atoms with E-state index < -0.39 is 0 Å². The van der Waals surface area contributed by atoms with Crippen molar-refractivity contribution >= 4 is 32.8 Å². The third-order valence-electron chi connectivity index (χ3n) is 5.22. The number of aryl methyl sites for hydroxylation is 3. The molecule has 0 radical (unpaired) electrons. The zero-order valence-corrected chi connectivity index (χ0v) is 19.1. The van der Waals surface area contributed by atoms with Crippen molar-refractivity contribution in [2.45, 2.75) is 26.2 Å². The van der Waals surface area contributed by atoms with Crippen LogP contribution in [0.5, 0.6) is 11.5 Å². The van der Waals surface area contributed by atoms with Crippen LogP contribution >= 0.6 is 15.9 Å². The molecule has 0 unspecified atom stereocenters. The quantitative estimate of drug-likeness (QED) is 0.418. The molecule has 31 heavy (non-hydrogen) atoms. The molecular formula is C22H22BrN5O3. The van der Waals surface area contributed by atoms with Gasteiger partial charge < -0.3 is 15.2 Å². The molecule has 9 heteroatoms. The lowest BCUT2D eigenvalue weighted by atomic mass is 10.0. The van der Waals surface area contributed by atoms with E-state index in [1.807, 2.05) is 37.3 Å². The molecule has 0 aliphatic rings. The number of halogens is 1. The average Bonchev–Trinajstić information content (AvgIpc) is 3.25. The first-order valence-electron chi connectivity index (χ1n) is 9.72. The number of aromatic nitrogens is 4. The van der Waals surface area contributed by atoms with Gasteiger partial charge in [-0.1, -0.05) is 6.07 Å². The maximum atomic E-state index is 6.31. The molecule has 0 aliphatic carbocycles. The largest absolute Gasteiger partial charge is 0.497 e. The van der Waals surface area contributed by atoms with Crippen LogP contribution in [0.1, 0.15) is 28.2 Å². The van der Waals surface area contributed by atoms with Crippen LogP contribution in [0.3, 0.4) is 0 Å². The van der Waals surface area contributed by atoms with Crippen LogP contribution in [-0.2, 0) is 19.3 Å². The molecule has 3 aromatic heterocycles. The lowest BCUT2D eigenvalue weighted by molar-refractivity contribution is 0.315. The first kappa shape index (κ1) is 21.0. The van der Waals surface area contributed by atoms with E-state index in [0.29, 0.717) is 23.3 Å². The molecule has 0 saturated heterocycles. The molecule has 4 aromatic rings. The molecule has 0 saturated carbocycles. The van der Waals surface area contributed by atoms with E-state index in [1.54, 1.807) is 14.2 Å². The molecule has 0 bridgehead atoms. The molecule has 3 heterocycles. The molecule has 1 aromatic carbocycles. The maximum absolute atomic E-state index is 6.31. The lowest BCUT2D eigenvalue weighted by Crippen LogP contribution is -2.06. The second-order valence-corrected chi connectivity index (χ2v) is 7.97. The minimum atomic E-state index is 0.414. The van der Waals surface area contributed by atoms with E-state index in [9.17, 15) is 0 Å². The van der Waals surface area contributed by atoms with Gasteiger partial charge in [-0.2, -0.15) is 0 Å². The molecule has 0 fully saturated rings. The summed E-state index contributed by atoms with van der Waals surface area (Å²) in [6.45, 7) is 1.90. The van der Waals surface area contributed by atoms with Gasteiger partial charge in [-0.25, -0.2) is 9.61 Å². The van der Waals surface area contributed by atoms with Gasteiger partial charge in [-0.15, -0.1) is 0 Å². The van der Waals surface area contributed by atoms with Crippen LogP contribution in [0.25, 0.3) is 11.2 Å². The number of pyridine rings is 2. The monoisotopic (exact) mass is 483 g/mol. The number of hydrogen-bond acceptors (Lipinski definition) is 8. The van der Waals surface area contributed by atoms with E-state index in [1.165, 1.54) is 0 Å². The van der Waals surface area contributed by atoms with Gasteiger partial charge >= 0.3 is 0 Å². The number of nitrogen functional groups attached to an aromatic ring is 1. The molecule has 8 nitrogen and oxygen atoms in total. The van der Waals surface area contributed by atoms with Crippen LogP contribution in [0.15, 0.2) is 39.4 Å². The van der Waals surface area contributed by atoms with Gasteiger partial charge in [-0.05, 0) is 69.8 Å². The number of nitrogens with zero attached hydrogens (tertiary/aromatic N) is 4. The Bertz CT molecular complexity index is 1240. The molecule has 0 aliphatic heterocycles. The summed E-state index contributed by atoms with van der Waals surface area (Å²) >= 11 is 3.62. The lowest BCUT2D eigenvalue weighted by Gasteiger charge is -2.12. The maximum Gasteiger partial charge on any atom is 0.226 e. The Morgan fingerprint density at radius 3 is 2.65 bits per heavy atom. The Morgan fingerprint density at radius 2 is 1.87 bits per heavy atom. The fourth-order valence-electron chi connectivity index (χ4n) is 3.51. The summed E-state index contributed by atoms with van der Waals surface area (Å²) < 4.78 is 16.5. The molecule has 0 atom stereocenters. The van der Waals surface area contributed by atoms with Crippen molar-refractivity contribution in [3.63, 3.8) is 0 Å². The predicted octanol–water partition coefficient (Wildman–Crippen LogP) is 4.06. The summed E-state index contributed by atoms with van der Waals surface area (Å²) in [6.07, 6.45) is 2.07. The summed E-state index contributed by atoms with van der Waals surface area (Å²) in [5.74, 6) is 1.57. The predicted molar refractivity (Wildman–Crippen MR) is 120 cm³/mol. The number of fused-ring (bicyclic) bond motifs is 1. The van der Waals surface area contributed by atoms with E-state index in [4.69, 9.17) is 24.8 Å². The van der Waals surface area contributed by atoms with Crippen molar-refractivity contribution < 1.29 is 14.1 Å². The molecule has 4 rings (SSSR count). The highest BCUT2D eigenvalue weighted by Gasteiger charge is 2.16. The highest BCUT2D eigenvalue weighted by atomic mass is 79.9. The van der Waals surface area contributed by atoms with E-state index >= 15 is 0 Å². The normalized spacial score (nSPS) is 11.1. The van der Waals surface area contributed by atoms with Crippen molar-refractivity contribution in [1.29, 1.82) is 0 Å². The summed E-state index contributed by atoms with van der Waals surface area (Å²) in [5, 5.41) is 7.64. The van der Waals surface area contributed by atoms with Crippen molar-refractivity contribution in [2.75, 3.05) is 20.0 Å². The molecular weight excluding hydrogens is 462 g/mol. The second kappa shape index (κ2) is 8.89. The Balaban J connectivity index is 1.57. The zero-order chi connectivity index (χ0) is 22.0. The molecule has 0 amide bonds. The van der Waals surface area contributed by atoms with E-state index in [-0.39, 0.29) is 0 Å². The first-order chi connectivity index (χ1) is 15.0. The van der Waals surface area contributed by atoms with Crippen LogP contribution < -0.4 is 15.2 Å². The number of hydrogen-bond donors (Lipinski definition) is 1. The molecule has 2 N–H and O–H groups in total. The summed E-state index contributed by atoms with van der Waals surface area (Å²) in [5.41, 5.74) is 12.3. The highest BCUT2D eigenvalue weighted by molar-refractivity contribution is 9.10. The Hall–Kier alpha value is -3.20. The van der Waals surface area contributed by atoms with Crippen molar-refractivity contribution in [1.82, 2.24) is 20.3 Å². The van der Waals surface area contributed by atoms with Gasteiger partial charge in [0.2, 0.25) is 5.65 Å². The Morgan fingerprint density at radius 1 is 1.03 bits per heavy atom. The number of benzene rings is 1. The summed E-state index contributed by atoms with van der Waals surface area (Å²) in [7, 11) is 3.30. The fourth-order valence-corrected chi connectivity index (χ4v) is 3.93. The van der Waals surface area contributed by atoms with Gasteiger partial charge in [0.25, 0.3) is 0 Å². The summed E-state index contributed by atoms with van der Waals surface area (Å²) in [4.78, 5) is 9.30. The molecule has 0 spiro atoms. The number of ether oxygens (including phenoxy) is 2. The number of anilines is 1. The molecule has 160 valence electrons. The van der Waals surface area contributed by atoms with Crippen LogP contribution in [0, 0.1) is 6.92 Å². The van der Waals surface area contributed by atoms with Crippen LogP contribution in [0.4, 0.5) is 5.69 Å². The number of rotatable bonds is 7. The third-order valence-corrected chi connectivity index (χ3v) is 5.94. The standard InChI is InChI=1S/C22H22BrN5O3/c1-12-16(20(24)21-22(25-12)28-31-27-21)10-14-6-8-17(23)18(26-14)9-5-13-4-7-15(29-2)11-19(13)30-3/h4,6-8,11H,5,9-10,24H2,1-3H3. The zero-order valence-electron chi connectivity index (χ0n) is 17.5. The number of methoxy groups -OCH3 is 2. The van der Waals surface area contributed by atoms with Crippen LogP contribution in [0.2, 0.25) is 0 Å². The SMILES string of the molecule is COc1ccc(CCc2nc(Cc3c(C)nc4nonc4c3N)ccc2Br)c(OC)c1. The number of nitrogens with two attached hydrogens (primary N) is 1. The van der Waals surface area contributed by atoms with Crippen molar-refractivity contribution in [3.05, 3.63) is 63.0 Å².